The lowest BCUT2D eigenvalue weighted by atomic mass is 9.95. The summed E-state index contributed by atoms with van der Waals surface area (Å²) in [5, 5.41) is 45.5. The van der Waals surface area contributed by atoms with Crippen LogP contribution in [0.3, 0.4) is 0 Å². The number of aliphatic hydroxyl groups excluding tert-OH is 5. The molecule has 7 heteroatoms. The zero-order valence-electron chi connectivity index (χ0n) is 9.65. The third-order valence-electron chi connectivity index (χ3n) is 2.29. The highest BCUT2D eigenvalue weighted by Gasteiger charge is 2.37. The molecular formula is C10H18O7. The highest BCUT2D eigenvalue weighted by Crippen LogP contribution is 2.08. The smallest absolute Gasteiger partial charge is 0.229 e. The molecule has 0 bridgehead atoms. The van der Waals surface area contributed by atoms with Crippen molar-refractivity contribution in [3.63, 3.8) is 0 Å². The topological polar surface area (TPSA) is 135 Å². The molecule has 0 radical (unpaired) electrons. The minimum Gasteiger partial charge on any atom is -0.394 e. The summed E-state index contributed by atoms with van der Waals surface area (Å²) in [5.41, 5.74) is 0. The monoisotopic (exact) mass is 250 g/mol. The second-order valence-corrected chi connectivity index (χ2v) is 4.06. The first-order chi connectivity index (χ1) is 7.73. The van der Waals surface area contributed by atoms with Gasteiger partial charge in [-0.25, -0.2) is 0 Å². The van der Waals surface area contributed by atoms with E-state index in [4.69, 9.17) is 10.2 Å². The first kappa shape index (κ1) is 16.1. The highest BCUT2D eigenvalue weighted by molar-refractivity contribution is 6.39. The number of ketones is 2. The normalized spacial score (nSPS) is 18.6. The van der Waals surface area contributed by atoms with Crippen molar-refractivity contribution in [1.29, 1.82) is 0 Å². The Bertz CT molecular complexity index is 276. The molecule has 0 aliphatic heterocycles. The van der Waals surface area contributed by atoms with E-state index in [0.717, 1.165) is 0 Å². The van der Waals surface area contributed by atoms with Crippen LogP contribution in [0.25, 0.3) is 0 Å². The summed E-state index contributed by atoms with van der Waals surface area (Å²) in [4.78, 5) is 22.6. The Labute approximate surface area is 98.3 Å². The molecule has 0 aliphatic carbocycles. The Morgan fingerprint density at radius 2 is 1.41 bits per heavy atom. The van der Waals surface area contributed by atoms with Crippen molar-refractivity contribution in [2.45, 2.75) is 38.3 Å². The fourth-order valence-corrected chi connectivity index (χ4v) is 1.11. The second kappa shape index (κ2) is 6.77. The van der Waals surface area contributed by atoms with Gasteiger partial charge in [0.15, 0.2) is 0 Å². The predicted octanol–water partition coefficient (Wildman–Crippen LogP) is -2.78. The van der Waals surface area contributed by atoms with E-state index in [1.165, 1.54) is 13.8 Å². The first-order valence-corrected chi connectivity index (χ1v) is 5.15. The van der Waals surface area contributed by atoms with Gasteiger partial charge in [-0.3, -0.25) is 9.59 Å². The zero-order chi connectivity index (χ0) is 13.7. The molecule has 0 heterocycles. The standard InChI is InChI=1S/C10H18O7/c1-4(2)6(13)8(15)10(17)9(16)7(14)5(12)3-11/h4-5,7,9-12,14,16-17H,3H2,1-2H3/t5-,7+,9+,10+/m1/s1. The number of aliphatic hydroxyl groups is 5. The SMILES string of the molecule is CC(C)C(=O)C(=O)[C@H](O)[C@@H](O)[C@@H](O)[C@H](O)CO. The van der Waals surface area contributed by atoms with E-state index in [1.807, 2.05) is 0 Å². The van der Waals surface area contributed by atoms with Crippen LogP contribution in [0.2, 0.25) is 0 Å². The summed E-state index contributed by atoms with van der Waals surface area (Å²) in [5.74, 6) is -2.77. The first-order valence-electron chi connectivity index (χ1n) is 5.15. The lowest BCUT2D eigenvalue weighted by Gasteiger charge is -2.24. The molecule has 4 atom stereocenters. The van der Waals surface area contributed by atoms with Gasteiger partial charge in [0, 0.05) is 5.92 Å². The van der Waals surface area contributed by atoms with Crippen molar-refractivity contribution in [3.05, 3.63) is 0 Å². The summed E-state index contributed by atoms with van der Waals surface area (Å²) in [6, 6.07) is 0. The van der Waals surface area contributed by atoms with Gasteiger partial charge >= 0.3 is 0 Å². The van der Waals surface area contributed by atoms with Crippen molar-refractivity contribution in [1.82, 2.24) is 0 Å². The maximum atomic E-state index is 11.3. The van der Waals surface area contributed by atoms with E-state index >= 15 is 0 Å². The van der Waals surface area contributed by atoms with E-state index in [2.05, 4.69) is 0 Å². The quantitative estimate of drug-likeness (QED) is 0.308. The van der Waals surface area contributed by atoms with Crippen LogP contribution in [0.1, 0.15) is 13.8 Å². The van der Waals surface area contributed by atoms with E-state index in [1.54, 1.807) is 0 Å². The van der Waals surface area contributed by atoms with Crippen LogP contribution in [0.4, 0.5) is 0 Å². The zero-order valence-corrected chi connectivity index (χ0v) is 9.65. The third-order valence-corrected chi connectivity index (χ3v) is 2.29. The maximum Gasteiger partial charge on any atom is 0.229 e. The van der Waals surface area contributed by atoms with Crippen LogP contribution in [0.5, 0.6) is 0 Å². The second-order valence-electron chi connectivity index (χ2n) is 4.06. The summed E-state index contributed by atoms with van der Waals surface area (Å²) in [7, 11) is 0. The number of hydrogen-bond donors (Lipinski definition) is 5. The fraction of sp³-hybridized carbons (Fsp3) is 0.800. The molecule has 0 aromatic rings. The van der Waals surface area contributed by atoms with Crippen LogP contribution < -0.4 is 0 Å². The summed E-state index contributed by atoms with van der Waals surface area (Å²) in [6.45, 7) is 2.04. The predicted molar refractivity (Wildman–Crippen MR) is 56.0 cm³/mol. The van der Waals surface area contributed by atoms with Crippen LogP contribution in [-0.4, -0.2) is 68.1 Å². The molecular weight excluding hydrogens is 232 g/mol. The Balaban J connectivity index is 4.65. The molecule has 0 saturated heterocycles. The Morgan fingerprint density at radius 3 is 1.76 bits per heavy atom. The number of hydrogen-bond acceptors (Lipinski definition) is 7. The van der Waals surface area contributed by atoms with Crippen LogP contribution in [0.15, 0.2) is 0 Å². The molecule has 0 unspecified atom stereocenters. The molecule has 100 valence electrons. The van der Waals surface area contributed by atoms with Gasteiger partial charge in [0.05, 0.1) is 6.61 Å². The number of carbonyl (C=O) groups excluding carboxylic acids is 2. The lowest BCUT2D eigenvalue weighted by molar-refractivity contribution is -0.155. The van der Waals surface area contributed by atoms with Crippen molar-refractivity contribution in [3.8, 4) is 0 Å². The van der Waals surface area contributed by atoms with Gasteiger partial charge in [0.25, 0.3) is 0 Å². The van der Waals surface area contributed by atoms with Crippen LogP contribution >= 0.6 is 0 Å². The molecule has 0 amide bonds. The van der Waals surface area contributed by atoms with Crippen molar-refractivity contribution >= 4 is 11.6 Å². The number of carbonyl (C=O) groups is 2. The minimum absolute atomic E-state index is 0.649. The molecule has 0 aromatic heterocycles. The van der Waals surface area contributed by atoms with E-state index < -0.39 is 48.5 Å². The van der Waals surface area contributed by atoms with Gasteiger partial charge in [0.1, 0.15) is 24.4 Å². The molecule has 0 saturated carbocycles. The summed E-state index contributed by atoms with van der Waals surface area (Å²) in [6.07, 6.45) is -7.78. The maximum absolute atomic E-state index is 11.3. The van der Waals surface area contributed by atoms with E-state index in [-0.39, 0.29) is 0 Å². The lowest BCUT2D eigenvalue weighted by Crippen LogP contribution is -2.50. The van der Waals surface area contributed by atoms with Gasteiger partial charge < -0.3 is 25.5 Å². The van der Waals surface area contributed by atoms with Crippen molar-refractivity contribution < 1.29 is 35.1 Å². The van der Waals surface area contributed by atoms with Crippen LogP contribution in [0, 0.1) is 5.92 Å². The largest absolute Gasteiger partial charge is 0.394 e. The van der Waals surface area contributed by atoms with Crippen molar-refractivity contribution in [2.24, 2.45) is 5.92 Å². The Kier molecular flexibility index (Phi) is 6.43. The Hall–Kier alpha value is -0.860. The molecule has 5 N–H and O–H groups in total. The van der Waals surface area contributed by atoms with Gasteiger partial charge in [-0.05, 0) is 0 Å². The third kappa shape index (κ3) is 4.14. The molecule has 17 heavy (non-hydrogen) atoms. The van der Waals surface area contributed by atoms with Gasteiger partial charge in [0.2, 0.25) is 11.6 Å². The van der Waals surface area contributed by atoms with Crippen molar-refractivity contribution in [2.75, 3.05) is 6.61 Å². The average molecular weight is 250 g/mol. The summed E-state index contributed by atoms with van der Waals surface area (Å²) < 4.78 is 0. The average Bonchev–Trinajstić information content (AvgIpc) is 2.32. The number of Topliss-reactive ketones (excluding diaryl/α,β-unsaturated/α-hetero) is 2. The Morgan fingerprint density at radius 1 is 0.941 bits per heavy atom. The van der Waals surface area contributed by atoms with Gasteiger partial charge in [-0.15, -0.1) is 0 Å². The minimum atomic E-state index is -2.12. The fourth-order valence-electron chi connectivity index (χ4n) is 1.11. The highest BCUT2D eigenvalue weighted by atomic mass is 16.4. The van der Waals surface area contributed by atoms with Gasteiger partial charge in [-0.1, -0.05) is 13.8 Å². The molecule has 0 spiro atoms. The van der Waals surface area contributed by atoms with E-state index in [0.29, 0.717) is 0 Å². The number of rotatable bonds is 7. The molecule has 7 nitrogen and oxygen atoms in total. The molecule has 0 aliphatic rings. The van der Waals surface area contributed by atoms with Gasteiger partial charge in [-0.2, -0.15) is 0 Å². The van der Waals surface area contributed by atoms with Crippen LogP contribution in [-0.2, 0) is 9.59 Å². The molecule has 0 aromatic carbocycles. The van der Waals surface area contributed by atoms with E-state index in [9.17, 15) is 24.9 Å². The molecule has 0 fully saturated rings. The summed E-state index contributed by atoms with van der Waals surface area (Å²) >= 11 is 0. The molecule has 0 rings (SSSR count).